The number of aromatic nitrogens is 4. The highest BCUT2D eigenvalue weighted by atomic mass is 15.2. The molecule has 1 aliphatic carbocycles. The number of fused-ring (bicyclic) bond motifs is 2. The molecule has 1 aliphatic heterocycles. The number of nitrogens with one attached hydrogen (secondary N) is 1. The topological polar surface area (TPSA) is 57.7 Å². The maximum atomic E-state index is 4.82. The van der Waals surface area contributed by atoms with E-state index in [2.05, 4.69) is 76.5 Å². The second kappa shape index (κ2) is 9.97. The van der Waals surface area contributed by atoms with E-state index >= 15 is 0 Å². The molecule has 0 radical (unpaired) electrons. The third-order valence-electron chi connectivity index (χ3n) is 9.35. The number of aromatic amines is 1. The van der Waals surface area contributed by atoms with E-state index in [0.29, 0.717) is 5.54 Å². The van der Waals surface area contributed by atoms with E-state index in [1.54, 1.807) is 0 Å². The first-order valence-corrected chi connectivity index (χ1v) is 14.7. The van der Waals surface area contributed by atoms with Gasteiger partial charge in [0, 0.05) is 46.2 Å². The Bertz CT molecular complexity index is 1690. The molecule has 40 heavy (non-hydrogen) atoms. The van der Waals surface area contributed by atoms with Crippen LogP contribution >= 0.6 is 0 Å². The minimum atomic E-state index is 0.330. The number of rotatable bonds is 4. The zero-order valence-electron chi connectivity index (χ0n) is 23.8. The molecule has 7 rings (SSSR count). The zero-order chi connectivity index (χ0) is 27.3. The lowest BCUT2D eigenvalue weighted by molar-refractivity contribution is 0.118. The van der Waals surface area contributed by atoms with Crippen LogP contribution in [0.15, 0.2) is 67.1 Å². The number of hydrogen-bond donors (Lipinski definition) is 1. The van der Waals surface area contributed by atoms with Crippen LogP contribution in [-0.2, 0) is 12.8 Å². The summed E-state index contributed by atoms with van der Waals surface area (Å²) < 4.78 is 0. The van der Waals surface area contributed by atoms with Crippen molar-refractivity contribution in [1.82, 2.24) is 24.8 Å². The van der Waals surface area contributed by atoms with Gasteiger partial charge in [0.15, 0.2) is 0 Å². The molecule has 2 aromatic carbocycles. The lowest BCUT2D eigenvalue weighted by atomic mass is 9.90. The Hall–Kier alpha value is -3.83. The highest BCUT2D eigenvalue weighted by Gasteiger charge is 2.34. The predicted molar refractivity (Wildman–Crippen MR) is 163 cm³/mol. The quantitative estimate of drug-likeness (QED) is 0.243. The van der Waals surface area contributed by atoms with Gasteiger partial charge in [-0.25, -0.2) is 9.97 Å². The summed E-state index contributed by atoms with van der Waals surface area (Å²) >= 11 is 0. The SMILES string of the molecule is Cc1cnc(C)c(-c2ccc(-c3c[nH]c4ncc(-c5ccc6c(c5)CC[C@@](C)(N5CCCC5)CC6)cc34)cc2)n1. The van der Waals surface area contributed by atoms with Gasteiger partial charge in [-0.3, -0.25) is 9.88 Å². The number of benzene rings is 2. The molecule has 2 aliphatic rings. The first-order valence-electron chi connectivity index (χ1n) is 14.7. The molecule has 5 nitrogen and oxygen atoms in total. The molecule has 4 heterocycles. The molecule has 5 aromatic rings. The van der Waals surface area contributed by atoms with E-state index < -0.39 is 0 Å². The molecule has 0 bridgehead atoms. The van der Waals surface area contributed by atoms with E-state index in [0.717, 1.165) is 45.7 Å². The first-order chi connectivity index (χ1) is 19.5. The third kappa shape index (κ3) is 4.52. The molecule has 0 unspecified atom stereocenters. The molecular weight excluding hydrogens is 490 g/mol. The summed E-state index contributed by atoms with van der Waals surface area (Å²) in [7, 11) is 0. The molecule has 1 atom stereocenters. The Labute approximate surface area is 236 Å². The van der Waals surface area contributed by atoms with Gasteiger partial charge in [-0.15, -0.1) is 0 Å². The van der Waals surface area contributed by atoms with Gasteiger partial charge in [0.2, 0.25) is 0 Å². The molecule has 1 fully saturated rings. The summed E-state index contributed by atoms with van der Waals surface area (Å²) in [6, 6.07) is 18.0. The summed E-state index contributed by atoms with van der Waals surface area (Å²) in [4.78, 5) is 20.2. The molecule has 202 valence electrons. The lowest BCUT2D eigenvalue weighted by Crippen LogP contribution is -2.44. The Morgan fingerprint density at radius 3 is 2.30 bits per heavy atom. The van der Waals surface area contributed by atoms with Gasteiger partial charge in [-0.1, -0.05) is 42.5 Å². The van der Waals surface area contributed by atoms with Gasteiger partial charge >= 0.3 is 0 Å². The maximum absolute atomic E-state index is 4.82. The number of aryl methyl sites for hydroxylation is 4. The molecule has 0 amide bonds. The Morgan fingerprint density at radius 1 is 0.775 bits per heavy atom. The van der Waals surface area contributed by atoms with Crippen LogP contribution in [0.1, 0.15) is 55.1 Å². The summed E-state index contributed by atoms with van der Waals surface area (Å²) in [5.41, 5.74) is 12.9. The fraction of sp³-hybridized carbons (Fsp3) is 0.343. The van der Waals surface area contributed by atoms with Crippen LogP contribution in [0.2, 0.25) is 0 Å². The largest absolute Gasteiger partial charge is 0.346 e. The van der Waals surface area contributed by atoms with E-state index in [4.69, 9.17) is 9.97 Å². The van der Waals surface area contributed by atoms with Crippen molar-refractivity contribution in [2.45, 2.75) is 64.8 Å². The van der Waals surface area contributed by atoms with Crippen LogP contribution in [0.4, 0.5) is 0 Å². The van der Waals surface area contributed by atoms with Crippen LogP contribution < -0.4 is 0 Å². The van der Waals surface area contributed by atoms with Crippen molar-refractivity contribution in [3.05, 3.63) is 89.6 Å². The van der Waals surface area contributed by atoms with Gasteiger partial charge in [0.25, 0.3) is 0 Å². The minimum Gasteiger partial charge on any atom is -0.346 e. The maximum Gasteiger partial charge on any atom is 0.137 e. The van der Waals surface area contributed by atoms with Crippen LogP contribution in [0, 0.1) is 13.8 Å². The highest BCUT2D eigenvalue weighted by Crippen LogP contribution is 2.37. The van der Waals surface area contributed by atoms with Crippen LogP contribution in [0.25, 0.3) is 44.5 Å². The molecule has 1 N–H and O–H groups in total. The summed E-state index contributed by atoms with van der Waals surface area (Å²) in [6.07, 6.45) is 13.4. The van der Waals surface area contributed by atoms with Gasteiger partial charge in [-0.05, 0) is 101 Å². The third-order valence-corrected chi connectivity index (χ3v) is 9.35. The average Bonchev–Trinajstić information content (AvgIpc) is 3.64. The van der Waals surface area contributed by atoms with Crippen molar-refractivity contribution < 1.29 is 0 Å². The second-order valence-corrected chi connectivity index (χ2v) is 12.0. The van der Waals surface area contributed by atoms with E-state index in [1.807, 2.05) is 26.2 Å². The number of hydrogen-bond acceptors (Lipinski definition) is 4. The van der Waals surface area contributed by atoms with Crippen molar-refractivity contribution in [3.8, 4) is 33.5 Å². The number of nitrogens with zero attached hydrogens (tertiary/aromatic N) is 4. The average molecular weight is 528 g/mol. The lowest BCUT2D eigenvalue weighted by Gasteiger charge is -2.38. The normalized spacial score (nSPS) is 19.6. The van der Waals surface area contributed by atoms with Crippen molar-refractivity contribution in [2.24, 2.45) is 0 Å². The van der Waals surface area contributed by atoms with Gasteiger partial charge in [0.1, 0.15) is 5.65 Å². The summed E-state index contributed by atoms with van der Waals surface area (Å²) in [5.74, 6) is 0. The number of likely N-dealkylation sites (tertiary alicyclic amines) is 1. The molecular formula is C35H37N5. The van der Waals surface area contributed by atoms with Crippen molar-refractivity contribution in [3.63, 3.8) is 0 Å². The van der Waals surface area contributed by atoms with Crippen LogP contribution in [0.3, 0.4) is 0 Å². The minimum absolute atomic E-state index is 0.330. The fourth-order valence-corrected chi connectivity index (χ4v) is 6.81. The molecule has 1 saturated heterocycles. The van der Waals surface area contributed by atoms with Crippen molar-refractivity contribution in [1.29, 1.82) is 0 Å². The smallest absolute Gasteiger partial charge is 0.137 e. The standard InChI is InChI=1S/C35H37N5/c1-23-20-36-24(2)33(39-23)27-9-7-26(8-10-27)32-22-38-34-31(32)19-30(21-37-34)28-11-6-25-12-14-35(3,15-13-29(25)18-28)40-16-4-5-17-40/h6-11,18-22H,4-5,12-17H2,1-3H3,(H,37,38)/t35-/m0/s1. The van der Waals surface area contributed by atoms with E-state index in [-0.39, 0.29) is 0 Å². The molecule has 3 aromatic heterocycles. The predicted octanol–water partition coefficient (Wildman–Crippen LogP) is 7.70. The van der Waals surface area contributed by atoms with Gasteiger partial charge in [-0.2, -0.15) is 0 Å². The Morgan fingerprint density at radius 2 is 1.50 bits per heavy atom. The molecule has 5 heteroatoms. The van der Waals surface area contributed by atoms with Crippen LogP contribution in [-0.4, -0.2) is 43.5 Å². The number of pyridine rings is 1. The highest BCUT2D eigenvalue weighted by molar-refractivity contribution is 5.96. The Kier molecular flexibility index (Phi) is 6.27. The van der Waals surface area contributed by atoms with Gasteiger partial charge < -0.3 is 4.98 Å². The van der Waals surface area contributed by atoms with E-state index in [9.17, 15) is 0 Å². The fourth-order valence-electron chi connectivity index (χ4n) is 6.81. The molecule has 0 saturated carbocycles. The van der Waals surface area contributed by atoms with Crippen LogP contribution in [0.5, 0.6) is 0 Å². The zero-order valence-corrected chi connectivity index (χ0v) is 23.8. The summed E-state index contributed by atoms with van der Waals surface area (Å²) in [5, 5.41) is 1.15. The molecule has 0 spiro atoms. The summed E-state index contributed by atoms with van der Waals surface area (Å²) in [6.45, 7) is 9.03. The van der Waals surface area contributed by atoms with Crippen molar-refractivity contribution >= 4 is 11.0 Å². The number of H-pyrrole nitrogens is 1. The Balaban J connectivity index is 1.18. The van der Waals surface area contributed by atoms with Gasteiger partial charge in [0.05, 0.1) is 17.1 Å². The first kappa shape index (κ1) is 25.2. The van der Waals surface area contributed by atoms with Crippen molar-refractivity contribution in [2.75, 3.05) is 13.1 Å². The second-order valence-electron chi connectivity index (χ2n) is 12.0. The van der Waals surface area contributed by atoms with E-state index in [1.165, 1.54) is 73.0 Å². The monoisotopic (exact) mass is 527 g/mol.